The first kappa shape index (κ1) is 21.1. The Balaban J connectivity index is 1.19. The molecule has 2 N–H and O–H groups in total. The number of amides is 1. The van der Waals surface area contributed by atoms with Gasteiger partial charge in [-0.25, -0.2) is 9.37 Å². The molecule has 1 aromatic heterocycles. The Kier molecular flexibility index (Phi) is 5.24. The maximum atomic E-state index is 15.7. The zero-order valence-electron chi connectivity index (χ0n) is 18.2. The molecule has 0 atom stereocenters. The van der Waals surface area contributed by atoms with Crippen molar-refractivity contribution in [1.82, 2.24) is 14.8 Å². The number of nitrogen functional groups attached to an aromatic ring is 1. The molecule has 3 aliphatic rings. The summed E-state index contributed by atoms with van der Waals surface area (Å²) in [5.74, 6) is 0.285. The summed E-state index contributed by atoms with van der Waals surface area (Å²) in [5.41, 5.74) is 6.72. The molecule has 1 aromatic carbocycles. The Morgan fingerprint density at radius 3 is 2.50 bits per heavy atom. The van der Waals surface area contributed by atoms with Crippen molar-refractivity contribution in [3.05, 3.63) is 59.3 Å². The molecule has 1 amide bonds. The van der Waals surface area contributed by atoms with Gasteiger partial charge in [0, 0.05) is 69.2 Å². The first-order valence-electron chi connectivity index (χ1n) is 11.4. The highest BCUT2D eigenvalue weighted by atomic mass is 19.1. The maximum Gasteiger partial charge on any atom is 0.260 e. The number of hydrogen-bond acceptors (Lipinski definition) is 5. The number of Topliss-reactive ketones (excluding diaryl/α,β-unsaturated/α-hetero) is 1. The monoisotopic (exact) mass is 436 g/mol. The normalized spacial score (nSPS) is 22.2. The second-order valence-corrected chi connectivity index (χ2v) is 9.55. The van der Waals surface area contributed by atoms with Gasteiger partial charge in [0.05, 0.1) is 0 Å². The van der Waals surface area contributed by atoms with Crippen LogP contribution in [0.5, 0.6) is 0 Å². The van der Waals surface area contributed by atoms with E-state index in [1.54, 1.807) is 11.1 Å². The Bertz CT molecular complexity index is 1040. The molecule has 7 heteroatoms. The van der Waals surface area contributed by atoms with Crippen molar-refractivity contribution in [2.75, 3.05) is 31.9 Å². The van der Waals surface area contributed by atoms with Crippen molar-refractivity contribution >= 4 is 17.5 Å². The van der Waals surface area contributed by atoms with Crippen LogP contribution >= 0.6 is 0 Å². The number of carbonyl (C=O) groups excluding carboxylic acids is 2. The number of alkyl halides is 1. The lowest BCUT2D eigenvalue weighted by Gasteiger charge is -2.43. The average Bonchev–Trinajstić information content (AvgIpc) is 3.07. The molecule has 0 bridgehead atoms. The summed E-state index contributed by atoms with van der Waals surface area (Å²) in [7, 11) is 0. The molecular formula is C25H29FN4O2. The molecule has 0 saturated carbocycles. The zero-order valence-corrected chi connectivity index (χ0v) is 18.2. The summed E-state index contributed by atoms with van der Waals surface area (Å²) in [4.78, 5) is 33.5. The maximum absolute atomic E-state index is 15.7. The van der Waals surface area contributed by atoms with Gasteiger partial charge in [-0.3, -0.25) is 14.5 Å². The van der Waals surface area contributed by atoms with E-state index in [1.165, 1.54) is 0 Å². The van der Waals surface area contributed by atoms with Crippen LogP contribution in [-0.4, -0.2) is 58.3 Å². The van der Waals surface area contributed by atoms with E-state index in [0.29, 0.717) is 57.8 Å². The second-order valence-electron chi connectivity index (χ2n) is 9.55. The second kappa shape index (κ2) is 7.96. The summed E-state index contributed by atoms with van der Waals surface area (Å²) < 4.78 is 15.7. The largest absolute Gasteiger partial charge is 0.384 e. The number of pyridine rings is 1. The van der Waals surface area contributed by atoms with E-state index < -0.39 is 5.67 Å². The van der Waals surface area contributed by atoms with E-state index in [4.69, 9.17) is 5.73 Å². The Hall–Kier alpha value is -2.80. The van der Waals surface area contributed by atoms with Crippen LogP contribution in [0.15, 0.2) is 42.6 Å². The number of carbonyl (C=O) groups is 2. The predicted molar refractivity (Wildman–Crippen MR) is 120 cm³/mol. The number of benzene rings is 1. The molecule has 0 radical (unpaired) electrons. The van der Waals surface area contributed by atoms with Gasteiger partial charge in [-0.1, -0.05) is 24.3 Å². The number of hydrogen-bond donors (Lipinski definition) is 1. The molecule has 2 aliphatic heterocycles. The van der Waals surface area contributed by atoms with E-state index in [0.717, 1.165) is 16.7 Å². The van der Waals surface area contributed by atoms with E-state index in [9.17, 15) is 9.59 Å². The van der Waals surface area contributed by atoms with Gasteiger partial charge < -0.3 is 10.6 Å². The number of piperidine rings is 2. The zero-order chi connectivity index (χ0) is 22.3. The number of aromatic nitrogens is 1. The summed E-state index contributed by atoms with van der Waals surface area (Å²) in [5, 5.41) is 0. The van der Waals surface area contributed by atoms with E-state index >= 15 is 4.39 Å². The van der Waals surface area contributed by atoms with E-state index in [1.807, 2.05) is 36.4 Å². The highest BCUT2D eigenvalue weighted by molar-refractivity contribution is 6.02. The van der Waals surface area contributed by atoms with Crippen LogP contribution in [0.4, 0.5) is 10.2 Å². The average molecular weight is 437 g/mol. The number of halogens is 1. The van der Waals surface area contributed by atoms with E-state index in [-0.39, 0.29) is 29.9 Å². The fourth-order valence-electron chi connectivity index (χ4n) is 5.68. The van der Waals surface area contributed by atoms with Crippen LogP contribution < -0.4 is 5.73 Å². The van der Waals surface area contributed by atoms with Crippen molar-refractivity contribution in [2.24, 2.45) is 0 Å². The number of anilines is 1. The Labute approximate surface area is 187 Å². The van der Waals surface area contributed by atoms with Gasteiger partial charge in [0.25, 0.3) is 5.91 Å². The fraction of sp³-hybridized carbons (Fsp3) is 0.480. The highest BCUT2D eigenvalue weighted by Gasteiger charge is 2.49. The van der Waals surface area contributed by atoms with Gasteiger partial charge >= 0.3 is 0 Å². The molecule has 1 aliphatic carbocycles. The lowest BCUT2D eigenvalue weighted by Crippen LogP contribution is -2.55. The molecule has 6 nitrogen and oxygen atoms in total. The highest BCUT2D eigenvalue weighted by Crippen LogP contribution is 2.46. The first-order chi connectivity index (χ1) is 15.4. The fourth-order valence-corrected chi connectivity index (χ4v) is 5.68. The van der Waals surface area contributed by atoms with Crippen LogP contribution in [0.1, 0.15) is 53.6 Å². The number of fused-ring (bicyclic) bond motifs is 2. The van der Waals surface area contributed by atoms with Crippen LogP contribution in [-0.2, 0) is 16.8 Å². The molecule has 5 rings (SSSR count). The van der Waals surface area contributed by atoms with Crippen molar-refractivity contribution < 1.29 is 14.0 Å². The molecule has 3 heterocycles. The van der Waals surface area contributed by atoms with Crippen molar-refractivity contribution in [1.29, 1.82) is 0 Å². The van der Waals surface area contributed by atoms with Crippen molar-refractivity contribution in [3.8, 4) is 0 Å². The first-order valence-corrected chi connectivity index (χ1v) is 11.4. The van der Waals surface area contributed by atoms with Gasteiger partial charge in [0.2, 0.25) is 0 Å². The number of rotatable bonds is 3. The standard InChI is InChI=1S/C25H29FN4O2/c26-25(8-11-29(12-9-25)17-18-5-10-28-22(27)15-18)23(32)30-13-6-24(7-14-30)16-21(31)19-3-1-2-4-20(19)24/h1-5,10,15H,6-9,11-14,16-17H2,(H2,27,28). The minimum Gasteiger partial charge on any atom is -0.384 e. The van der Waals surface area contributed by atoms with Crippen LogP contribution in [0, 0.1) is 0 Å². The molecule has 168 valence electrons. The van der Waals surface area contributed by atoms with Gasteiger partial charge in [-0.15, -0.1) is 0 Å². The molecule has 2 aromatic rings. The SMILES string of the molecule is Nc1cc(CN2CCC(F)(C(=O)N3CCC4(CC3)CC(=O)c3ccccc34)CC2)ccn1. The van der Waals surface area contributed by atoms with Gasteiger partial charge in [0.1, 0.15) is 5.82 Å². The smallest absolute Gasteiger partial charge is 0.260 e. The number of ketones is 1. The van der Waals surface area contributed by atoms with Crippen LogP contribution in [0.3, 0.4) is 0 Å². The van der Waals surface area contributed by atoms with E-state index in [2.05, 4.69) is 9.88 Å². The Morgan fingerprint density at radius 2 is 1.78 bits per heavy atom. The molecular weight excluding hydrogens is 407 g/mol. The summed E-state index contributed by atoms with van der Waals surface area (Å²) >= 11 is 0. The summed E-state index contributed by atoms with van der Waals surface area (Å²) in [6.45, 7) is 2.75. The predicted octanol–water partition coefficient (Wildman–Crippen LogP) is 3.11. The topological polar surface area (TPSA) is 79.5 Å². The molecule has 2 saturated heterocycles. The summed E-state index contributed by atoms with van der Waals surface area (Å²) in [6.07, 6.45) is 4.02. The van der Waals surface area contributed by atoms with Gasteiger partial charge in [0.15, 0.2) is 11.5 Å². The molecule has 32 heavy (non-hydrogen) atoms. The minimum absolute atomic E-state index is 0.186. The van der Waals surface area contributed by atoms with Crippen molar-refractivity contribution in [3.63, 3.8) is 0 Å². The van der Waals surface area contributed by atoms with Gasteiger partial charge in [-0.2, -0.15) is 0 Å². The number of likely N-dealkylation sites (tertiary alicyclic amines) is 2. The number of nitrogens with zero attached hydrogens (tertiary/aromatic N) is 3. The molecule has 2 fully saturated rings. The minimum atomic E-state index is -1.80. The van der Waals surface area contributed by atoms with Crippen LogP contribution in [0.2, 0.25) is 0 Å². The molecule has 1 spiro atoms. The lowest BCUT2D eigenvalue weighted by molar-refractivity contribution is -0.149. The quantitative estimate of drug-likeness (QED) is 0.800. The third-order valence-corrected chi connectivity index (χ3v) is 7.59. The van der Waals surface area contributed by atoms with Gasteiger partial charge in [-0.05, 0) is 36.1 Å². The third kappa shape index (κ3) is 3.68. The van der Waals surface area contributed by atoms with Crippen molar-refractivity contribution in [2.45, 2.75) is 49.7 Å². The number of nitrogens with two attached hydrogens (primary N) is 1. The summed E-state index contributed by atoms with van der Waals surface area (Å²) in [6, 6.07) is 11.6. The lowest BCUT2D eigenvalue weighted by atomic mass is 9.73. The molecule has 0 unspecified atom stereocenters. The van der Waals surface area contributed by atoms with Crippen LogP contribution in [0.25, 0.3) is 0 Å². The Morgan fingerprint density at radius 1 is 1.06 bits per heavy atom. The third-order valence-electron chi connectivity index (χ3n) is 7.59.